The van der Waals surface area contributed by atoms with Gasteiger partial charge in [0.25, 0.3) is 5.91 Å². The van der Waals surface area contributed by atoms with Gasteiger partial charge < -0.3 is 9.80 Å². The van der Waals surface area contributed by atoms with E-state index < -0.39 is 5.41 Å². The van der Waals surface area contributed by atoms with E-state index in [9.17, 15) is 9.59 Å². The molecule has 1 fully saturated rings. The molecule has 0 saturated carbocycles. The summed E-state index contributed by atoms with van der Waals surface area (Å²) in [7, 11) is 0. The smallest absolute Gasteiger partial charge is 0.264 e. The standard InChI is InChI=1S/C21H24N2O2S/c1-21(10-4-7-16-6-2-3-8-17(16)21)20(25)23-13-11-22(12-14-23)19(24)18-9-5-15-26-18/h2-3,5-6,8-9,15H,4,7,10-14H2,1H3. The molecule has 1 aliphatic heterocycles. The molecule has 4 nitrogen and oxygen atoms in total. The number of thiophene rings is 1. The molecule has 1 aliphatic carbocycles. The number of nitrogens with zero attached hydrogens (tertiary/aromatic N) is 2. The molecule has 26 heavy (non-hydrogen) atoms. The fraction of sp³-hybridized carbons (Fsp3) is 0.429. The Hall–Kier alpha value is -2.14. The van der Waals surface area contributed by atoms with Crippen LogP contribution in [0.2, 0.25) is 0 Å². The van der Waals surface area contributed by atoms with Gasteiger partial charge in [-0.25, -0.2) is 0 Å². The first kappa shape index (κ1) is 17.3. The van der Waals surface area contributed by atoms with Crippen LogP contribution < -0.4 is 0 Å². The van der Waals surface area contributed by atoms with Crippen molar-refractivity contribution in [1.82, 2.24) is 9.80 Å². The predicted octanol–water partition coefficient (Wildman–Crippen LogP) is 3.33. The Morgan fingerprint density at radius 3 is 2.46 bits per heavy atom. The molecule has 2 heterocycles. The lowest BCUT2D eigenvalue weighted by Crippen LogP contribution is -2.55. The summed E-state index contributed by atoms with van der Waals surface area (Å²) in [6.45, 7) is 4.55. The molecule has 2 aliphatic rings. The van der Waals surface area contributed by atoms with Crippen LogP contribution in [0.5, 0.6) is 0 Å². The number of carbonyl (C=O) groups excluding carboxylic acids is 2. The second-order valence-electron chi connectivity index (χ2n) is 7.40. The van der Waals surface area contributed by atoms with Crippen molar-refractivity contribution in [3.63, 3.8) is 0 Å². The first-order valence-corrected chi connectivity index (χ1v) is 10.2. The van der Waals surface area contributed by atoms with Crippen LogP contribution >= 0.6 is 11.3 Å². The molecule has 5 heteroatoms. The van der Waals surface area contributed by atoms with E-state index in [0.29, 0.717) is 26.2 Å². The largest absolute Gasteiger partial charge is 0.338 e. The Bertz CT molecular complexity index is 809. The van der Waals surface area contributed by atoms with Crippen molar-refractivity contribution in [3.8, 4) is 0 Å². The van der Waals surface area contributed by atoms with E-state index in [1.807, 2.05) is 33.4 Å². The Balaban J connectivity index is 1.47. The number of hydrogen-bond acceptors (Lipinski definition) is 3. The maximum absolute atomic E-state index is 13.4. The molecule has 136 valence electrons. The molecule has 0 N–H and O–H groups in total. The van der Waals surface area contributed by atoms with Gasteiger partial charge in [-0.3, -0.25) is 9.59 Å². The molecule has 1 atom stereocenters. The van der Waals surface area contributed by atoms with Crippen molar-refractivity contribution in [2.24, 2.45) is 0 Å². The number of aryl methyl sites for hydroxylation is 1. The molecule has 0 spiro atoms. The number of amides is 2. The summed E-state index contributed by atoms with van der Waals surface area (Å²) in [5.74, 6) is 0.300. The Morgan fingerprint density at radius 2 is 1.73 bits per heavy atom. The lowest BCUT2D eigenvalue weighted by atomic mass is 9.70. The molecule has 1 aromatic heterocycles. The highest BCUT2D eigenvalue weighted by Crippen LogP contribution is 2.38. The summed E-state index contributed by atoms with van der Waals surface area (Å²) in [6.07, 6.45) is 3.01. The monoisotopic (exact) mass is 368 g/mol. The highest BCUT2D eigenvalue weighted by molar-refractivity contribution is 7.12. The number of benzene rings is 1. The second kappa shape index (κ2) is 6.88. The second-order valence-corrected chi connectivity index (χ2v) is 8.35. The van der Waals surface area contributed by atoms with Gasteiger partial charge in [-0.2, -0.15) is 0 Å². The number of rotatable bonds is 2. The quantitative estimate of drug-likeness (QED) is 0.816. The van der Waals surface area contributed by atoms with Crippen LogP contribution in [0.15, 0.2) is 41.8 Å². The number of fused-ring (bicyclic) bond motifs is 1. The van der Waals surface area contributed by atoms with Crippen molar-refractivity contribution >= 4 is 23.2 Å². The third-order valence-corrected chi connectivity index (χ3v) is 6.65. The van der Waals surface area contributed by atoms with E-state index >= 15 is 0 Å². The summed E-state index contributed by atoms with van der Waals surface area (Å²) in [5, 5.41) is 1.92. The molecule has 0 bridgehead atoms. The zero-order valence-electron chi connectivity index (χ0n) is 15.1. The van der Waals surface area contributed by atoms with Gasteiger partial charge in [0, 0.05) is 26.2 Å². The third-order valence-electron chi connectivity index (χ3n) is 5.79. The van der Waals surface area contributed by atoms with Crippen molar-refractivity contribution in [1.29, 1.82) is 0 Å². The number of piperazine rings is 1. The Kier molecular flexibility index (Phi) is 4.57. The first-order chi connectivity index (χ1) is 12.6. The summed E-state index contributed by atoms with van der Waals surface area (Å²) in [5.41, 5.74) is 2.06. The van der Waals surface area contributed by atoms with Crippen molar-refractivity contribution in [2.45, 2.75) is 31.6 Å². The molecule has 2 amide bonds. The minimum Gasteiger partial charge on any atom is -0.338 e. The van der Waals surface area contributed by atoms with E-state index in [4.69, 9.17) is 0 Å². The van der Waals surface area contributed by atoms with Gasteiger partial charge in [0.05, 0.1) is 10.3 Å². The fourth-order valence-electron chi connectivity index (χ4n) is 4.28. The molecule has 1 aromatic carbocycles. The average Bonchev–Trinajstić information content (AvgIpc) is 3.22. The average molecular weight is 369 g/mol. The summed E-state index contributed by atoms with van der Waals surface area (Å²) in [4.78, 5) is 30.5. The maximum atomic E-state index is 13.4. The number of carbonyl (C=O) groups is 2. The van der Waals surface area contributed by atoms with Crippen LogP contribution in [0, 0.1) is 0 Å². The van der Waals surface area contributed by atoms with Gasteiger partial charge in [0.2, 0.25) is 5.91 Å². The molecule has 1 saturated heterocycles. The summed E-state index contributed by atoms with van der Waals surface area (Å²) < 4.78 is 0. The topological polar surface area (TPSA) is 40.6 Å². The minimum atomic E-state index is -0.436. The normalized spacial score (nSPS) is 22.8. The Morgan fingerprint density at radius 1 is 1.00 bits per heavy atom. The van der Waals surface area contributed by atoms with E-state index in [0.717, 1.165) is 24.1 Å². The summed E-state index contributed by atoms with van der Waals surface area (Å²) >= 11 is 1.47. The highest BCUT2D eigenvalue weighted by Gasteiger charge is 2.42. The first-order valence-electron chi connectivity index (χ1n) is 9.30. The molecule has 4 rings (SSSR count). The van der Waals surface area contributed by atoms with Gasteiger partial charge in [-0.05, 0) is 48.8 Å². The van der Waals surface area contributed by atoms with Gasteiger partial charge in [0.15, 0.2) is 0 Å². The lowest BCUT2D eigenvalue weighted by Gasteiger charge is -2.42. The SMILES string of the molecule is CC1(C(=O)N2CCN(C(=O)c3cccs3)CC2)CCCc2ccccc21. The molecular formula is C21H24N2O2S. The maximum Gasteiger partial charge on any atom is 0.264 e. The molecule has 2 aromatic rings. The van der Waals surface area contributed by atoms with Gasteiger partial charge in [-0.15, -0.1) is 11.3 Å². The van der Waals surface area contributed by atoms with E-state index in [1.165, 1.54) is 22.5 Å². The highest BCUT2D eigenvalue weighted by atomic mass is 32.1. The van der Waals surface area contributed by atoms with Crippen LogP contribution in [-0.2, 0) is 16.6 Å². The van der Waals surface area contributed by atoms with Gasteiger partial charge in [0.1, 0.15) is 0 Å². The third kappa shape index (κ3) is 2.94. The van der Waals surface area contributed by atoms with Crippen LogP contribution in [-0.4, -0.2) is 47.8 Å². The van der Waals surface area contributed by atoms with E-state index in [2.05, 4.69) is 25.1 Å². The predicted molar refractivity (Wildman–Crippen MR) is 104 cm³/mol. The van der Waals surface area contributed by atoms with Crippen LogP contribution in [0.1, 0.15) is 40.6 Å². The fourth-order valence-corrected chi connectivity index (χ4v) is 4.97. The lowest BCUT2D eigenvalue weighted by molar-refractivity contribution is -0.139. The van der Waals surface area contributed by atoms with E-state index in [-0.39, 0.29) is 11.8 Å². The van der Waals surface area contributed by atoms with Crippen LogP contribution in [0.4, 0.5) is 0 Å². The Labute approximate surface area is 158 Å². The molecule has 0 radical (unpaired) electrons. The van der Waals surface area contributed by atoms with Crippen molar-refractivity contribution < 1.29 is 9.59 Å². The van der Waals surface area contributed by atoms with Crippen LogP contribution in [0.3, 0.4) is 0 Å². The zero-order valence-corrected chi connectivity index (χ0v) is 15.9. The zero-order chi connectivity index (χ0) is 18.1. The minimum absolute atomic E-state index is 0.0846. The van der Waals surface area contributed by atoms with Gasteiger partial charge in [-0.1, -0.05) is 30.3 Å². The molecular weight excluding hydrogens is 344 g/mol. The van der Waals surface area contributed by atoms with Crippen molar-refractivity contribution in [3.05, 3.63) is 57.8 Å². The summed E-state index contributed by atoms with van der Waals surface area (Å²) in [6, 6.07) is 12.1. The molecule has 1 unspecified atom stereocenters. The number of hydrogen-bond donors (Lipinski definition) is 0. The van der Waals surface area contributed by atoms with E-state index in [1.54, 1.807) is 0 Å². The van der Waals surface area contributed by atoms with Crippen molar-refractivity contribution in [2.75, 3.05) is 26.2 Å². The van der Waals surface area contributed by atoms with Gasteiger partial charge >= 0.3 is 0 Å². The van der Waals surface area contributed by atoms with Crippen LogP contribution in [0.25, 0.3) is 0 Å².